The van der Waals surface area contributed by atoms with Gasteiger partial charge in [-0.15, -0.1) is 11.3 Å². The molecule has 7 heteroatoms. The normalized spacial score (nSPS) is 13.9. The molecule has 0 atom stereocenters. The second-order valence-electron chi connectivity index (χ2n) is 5.83. The Morgan fingerprint density at radius 2 is 2.42 bits per heavy atom. The predicted molar refractivity (Wildman–Crippen MR) is 91.4 cm³/mol. The molecule has 0 fully saturated rings. The van der Waals surface area contributed by atoms with Crippen LogP contribution in [0.25, 0.3) is 5.65 Å². The first kappa shape index (κ1) is 15.3. The molecule has 3 aromatic rings. The summed E-state index contributed by atoms with van der Waals surface area (Å²) >= 11 is 1.69. The molecular formula is C17H18N4O2S. The first-order valence-corrected chi connectivity index (χ1v) is 8.79. The zero-order chi connectivity index (χ0) is 16.5. The summed E-state index contributed by atoms with van der Waals surface area (Å²) in [4.78, 5) is 22.4. The van der Waals surface area contributed by atoms with Gasteiger partial charge in [0.1, 0.15) is 5.65 Å². The van der Waals surface area contributed by atoms with Crippen molar-refractivity contribution in [2.45, 2.75) is 26.4 Å². The van der Waals surface area contributed by atoms with E-state index in [9.17, 15) is 4.79 Å². The maximum Gasteiger partial charge on any atom is 0.251 e. The monoisotopic (exact) mass is 342 g/mol. The fourth-order valence-corrected chi connectivity index (χ4v) is 3.87. The molecule has 4 rings (SSSR count). The molecule has 1 aliphatic heterocycles. The third-order valence-corrected chi connectivity index (χ3v) is 5.25. The largest absolute Gasteiger partial charge is 0.375 e. The highest BCUT2D eigenvalue weighted by Gasteiger charge is 2.15. The summed E-state index contributed by atoms with van der Waals surface area (Å²) in [6.07, 6.45) is 5.31. The van der Waals surface area contributed by atoms with Crippen molar-refractivity contribution in [1.29, 1.82) is 0 Å². The van der Waals surface area contributed by atoms with Crippen molar-refractivity contribution >= 4 is 22.9 Å². The van der Waals surface area contributed by atoms with Gasteiger partial charge < -0.3 is 14.5 Å². The van der Waals surface area contributed by atoms with E-state index in [1.165, 1.54) is 4.88 Å². The van der Waals surface area contributed by atoms with Gasteiger partial charge in [-0.25, -0.2) is 9.97 Å². The van der Waals surface area contributed by atoms with Gasteiger partial charge in [0.15, 0.2) is 0 Å². The third-order valence-electron chi connectivity index (χ3n) is 4.12. The van der Waals surface area contributed by atoms with E-state index in [1.807, 2.05) is 29.7 Å². The standard InChI is InChI=1S/C17H18N4O2S/c1-11-9-19-15-8-12(3-6-21(11)15)17(22)18-5-2-16-20-13-4-7-23-10-14(13)24-16/h3,6,8-9H,2,4-5,7,10H2,1H3,(H,18,22). The molecule has 0 radical (unpaired) electrons. The van der Waals surface area contributed by atoms with Crippen molar-refractivity contribution in [2.24, 2.45) is 0 Å². The SMILES string of the molecule is Cc1cnc2cc(C(=O)NCCc3nc4c(s3)COCC4)ccn12. The number of carbonyl (C=O) groups is 1. The molecule has 0 unspecified atom stereocenters. The van der Waals surface area contributed by atoms with Gasteiger partial charge in [-0.3, -0.25) is 4.79 Å². The number of hydrogen-bond donors (Lipinski definition) is 1. The van der Waals surface area contributed by atoms with Crippen LogP contribution in [0.1, 0.15) is 31.6 Å². The number of imidazole rings is 1. The molecule has 0 saturated heterocycles. The number of thiazole rings is 1. The number of aromatic nitrogens is 3. The number of nitrogens with zero attached hydrogens (tertiary/aromatic N) is 3. The van der Waals surface area contributed by atoms with Crippen molar-refractivity contribution in [3.05, 3.63) is 51.4 Å². The maximum absolute atomic E-state index is 12.3. The second-order valence-corrected chi connectivity index (χ2v) is 7.00. The number of nitrogens with one attached hydrogen (secondary N) is 1. The lowest BCUT2D eigenvalue weighted by Gasteiger charge is -2.08. The number of amides is 1. The number of carbonyl (C=O) groups excluding carboxylic acids is 1. The van der Waals surface area contributed by atoms with Gasteiger partial charge in [0, 0.05) is 43.0 Å². The predicted octanol–water partition coefficient (Wildman–Crippen LogP) is 2.14. The van der Waals surface area contributed by atoms with Crippen molar-refractivity contribution < 1.29 is 9.53 Å². The Morgan fingerprint density at radius 1 is 1.50 bits per heavy atom. The molecule has 124 valence electrons. The Labute approximate surface area is 143 Å². The highest BCUT2D eigenvalue weighted by atomic mass is 32.1. The number of aryl methyl sites for hydroxylation is 1. The molecule has 3 aromatic heterocycles. The summed E-state index contributed by atoms with van der Waals surface area (Å²) in [5, 5.41) is 4.02. The zero-order valence-electron chi connectivity index (χ0n) is 13.4. The van der Waals surface area contributed by atoms with Crippen molar-refractivity contribution in [1.82, 2.24) is 19.7 Å². The van der Waals surface area contributed by atoms with Crippen molar-refractivity contribution in [2.75, 3.05) is 13.2 Å². The lowest BCUT2D eigenvalue weighted by molar-refractivity contribution is 0.0954. The number of ether oxygens (including phenoxy) is 1. The minimum absolute atomic E-state index is 0.0807. The van der Waals surface area contributed by atoms with Crippen LogP contribution in [-0.2, 0) is 24.2 Å². The molecule has 0 bridgehead atoms. The highest BCUT2D eigenvalue weighted by Crippen LogP contribution is 2.23. The van der Waals surface area contributed by atoms with Crippen LogP contribution in [0.2, 0.25) is 0 Å². The summed E-state index contributed by atoms with van der Waals surface area (Å²) in [5.74, 6) is -0.0807. The van der Waals surface area contributed by atoms with Crippen LogP contribution in [0, 0.1) is 6.92 Å². The van der Waals surface area contributed by atoms with E-state index in [0.29, 0.717) is 18.7 Å². The van der Waals surface area contributed by atoms with E-state index in [0.717, 1.165) is 41.5 Å². The van der Waals surface area contributed by atoms with Gasteiger partial charge in [0.25, 0.3) is 5.91 Å². The Kier molecular flexibility index (Phi) is 4.03. The third kappa shape index (κ3) is 2.92. The molecule has 1 aliphatic rings. The Morgan fingerprint density at radius 3 is 3.29 bits per heavy atom. The first-order valence-electron chi connectivity index (χ1n) is 7.98. The van der Waals surface area contributed by atoms with Crippen LogP contribution in [0.3, 0.4) is 0 Å². The highest BCUT2D eigenvalue weighted by molar-refractivity contribution is 7.11. The van der Waals surface area contributed by atoms with Crippen LogP contribution < -0.4 is 5.32 Å². The molecule has 1 amide bonds. The van der Waals surface area contributed by atoms with Gasteiger partial charge in [0.05, 0.1) is 28.8 Å². The van der Waals surface area contributed by atoms with Crippen LogP contribution in [0.5, 0.6) is 0 Å². The summed E-state index contributed by atoms with van der Waals surface area (Å²) in [6.45, 7) is 3.98. The smallest absolute Gasteiger partial charge is 0.251 e. The minimum Gasteiger partial charge on any atom is -0.375 e. The van der Waals surface area contributed by atoms with Crippen molar-refractivity contribution in [3.63, 3.8) is 0 Å². The van der Waals surface area contributed by atoms with Gasteiger partial charge in [-0.05, 0) is 19.1 Å². The van der Waals surface area contributed by atoms with Crippen LogP contribution in [0.4, 0.5) is 0 Å². The molecule has 0 aromatic carbocycles. The average Bonchev–Trinajstić information content (AvgIpc) is 3.17. The molecule has 1 N–H and O–H groups in total. The minimum atomic E-state index is -0.0807. The number of pyridine rings is 1. The molecule has 6 nitrogen and oxygen atoms in total. The number of rotatable bonds is 4. The van der Waals surface area contributed by atoms with Gasteiger partial charge in [-0.2, -0.15) is 0 Å². The summed E-state index contributed by atoms with van der Waals surface area (Å²) in [6, 6.07) is 3.62. The van der Waals surface area contributed by atoms with Gasteiger partial charge in [-0.1, -0.05) is 0 Å². The Hall–Kier alpha value is -2.25. The Bertz CT molecular complexity index is 876. The maximum atomic E-state index is 12.3. The number of hydrogen-bond acceptors (Lipinski definition) is 5. The van der Waals surface area contributed by atoms with Gasteiger partial charge >= 0.3 is 0 Å². The molecule has 0 aliphatic carbocycles. The van der Waals surface area contributed by atoms with E-state index >= 15 is 0 Å². The van der Waals surface area contributed by atoms with Crippen LogP contribution in [0.15, 0.2) is 24.5 Å². The summed E-state index contributed by atoms with van der Waals surface area (Å²) < 4.78 is 7.40. The Balaban J connectivity index is 1.37. The summed E-state index contributed by atoms with van der Waals surface area (Å²) in [5.41, 5.74) is 3.62. The van der Waals surface area contributed by atoms with Crippen LogP contribution >= 0.6 is 11.3 Å². The molecule has 0 saturated carbocycles. The number of fused-ring (bicyclic) bond motifs is 2. The van der Waals surface area contributed by atoms with E-state index in [4.69, 9.17) is 4.74 Å². The van der Waals surface area contributed by atoms with E-state index in [2.05, 4.69) is 15.3 Å². The fraction of sp³-hybridized carbons (Fsp3) is 0.353. The van der Waals surface area contributed by atoms with E-state index in [1.54, 1.807) is 17.5 Å². The first-order chi connectivity index (χ1) is 11.7. The molecular weight excluding hydrogens is 324 g/mol. The molecule has 0 spiro atoms. The van der Waals surface area contributed by atoms with E-state index < -0.39 is 0 Å². The average molecular weight is 342 g/mol. The second kappa shape index (κ2) is 6.33. The zero-order valence-corrected chi connectivity index (χ0v) is 14.2. The lowest BCUT2D eigenvalue weighted by Crippen LogP contribution is -2.25. The van der Waals surface area contributed by atoms with E-state index in [-0.39, 0.29) is 5.91 Å². The summed E-state index contributed by atoms with van der Waals surface area (Å²) in [7, 11) is 0. The quantitative estimate of drug-likeness (QED) is 0.789. The topological polar surface area (TPSA) is 68.5 Å². The fourth-order valence-electron chi connectivity index (χ4n) is 2.82. The van der Waals surface area contributed by atoms with Gasteiger partial charge in [0.2, 0.25) is 0 Å². The molecule has 24 heavy (non-hydrogen) atoms. The lowest BCUT2D eigenvalue weighted by atomic mass is 10.2. The van der Waals surface area contributed by atoms with Crippen LogP contribution in [-0.4, -0.2) is 33.4 Å². The van der Waals surface area contributed by atoms with Crippen molar-refractivity contribution in [3.8, 4) is 0 Å². The molecule has 4 heterocycles.